The van der Waals surface area contributed by atoms with Crippen LogP contribution in [0.1, 0.15) is 370 Å². The van der Waals surface area contributed by atoms with E-state index in [0.717, 1.165) is 114 Å². The van der Waals surface area contributed by atoms with Gasteiger partial charge in [0.2, 0.25) is 0 Å². The van der Waals surface area contributed by atoms with Gasteiger partial charge < -0.3 is 33.8 Å². The van der Waals surface area contributed by atoms with Crippen LogP contribution in [0.4, 0.5) is 0 Å². The minimum Gasteiger partial charge on any atom is -0.462 e. The first-order valence-electron chi connectivity index (χ1n) is 38.2. The summed E-state index contributed by atoms with van der Waals surface area (Å²) in [6.07, 6.45) is 47.6. The Labute approximate surface area is 568 Å². The molecule has 0 aliphatic rings. The van der Waals surface area contributed by atoms with E-state index >= 15 is 0 Å². The van der Waals surface area contributed by atoms with Gasteiger partial charge in [0.25, 0.3) is 0 Å². The van der Waals surface area contributed by atoms with Crippen LogP contribution in [-0.4, -0.2) is 96.7 Å². The number of hydrogen-bond donors (Lipinski definition) is 3. The molecule has 0 aliphatic heterocycles. The van der Waals surface area contributed by atoms with E-state index in [2.05, 4.69) is 55.4 Å². The number of carbonyl (C=O) groups excluding carboxylic acids is 4. The van der Waals surface area contributed by atoms with E-state index < -0.39 is 97.5 Å². The molecule has 0 saturated heterocycles. The van der Waals surface area contributed by atoms with Crippen LogP contribution in [-0.2, 0) is 65.4 Å². The number of phosphoric acid groups is 2. The van der Waals surface area contributed by atoms with Gasteiger partial charge in [-0.15, -0.1) is 0 Å². The molecule has 0 aromatic heterocycles. The number of carbonyl (C=O) groups is 4. The molecule has 0 heterocycles. The summed E-state index contributed by atoms with van der Waals surface area (Å²) in [7, 11) is -9.91. The molecule has 0 rings (SSSR count). The Bertz CT molecular complexity index is 1830. The molecule has 0 fully saturated rings. The van der Waals surface area contributed by atoms with Gasteiger partial charge in [-0.25, -0.2) is 9.13 Å². The van der Waals surface area contributed by atoms with Gasteiger partial charge in [0.15, 0.2) is 12.2 Å². The highest BCUT2D eigenvalue weighted by molar-refractivity contribution is 7.47. The van der Waals surface area contributed by atoms with Gasteiger partial charge in [-0.3, -0.25) is 37.3 Å². The second-order valence-electron chi connectivity index (χ2n) is 28.6. The van der Waals surface area contributed by atoms with Crippen molar-refractivity contribution in [2.75, 3.05) is 39.6 Å². The molecule has 2 unspecified atom stereocenters. The minimum absolute atomic E-state index is 0.104. The zero-order valence-corrected chi connectivity index (χ0v) is 62.7. The molecular formula is C74H144O17P2. The molecular weight excluding hydrogens is 1220 g/mol. The third-order valence-electron chi connectivity index (χ3n) is 17.1. The van der Waals surface area contributed by atoms with Gasteiger partial charge in [-0.2, -0.15) is 0 Å². The Balaban J connectivity index is 5.14. The zero-order valence-electron chi connectivity index (χ0n) is 60.9. The number of hydrogen-bond acceptors (Lipinski definition) is 15. The van der Waals surface area contributed by atoms with Crippen molar-refractivity contribution in [1.82, 2.24) is 0 Å². The van der Waals surface area contributed by atoms with E-state index in [1.807, 2.05) is 0 Å². The minimum atomic E-state index is -4.95. The quantitative estimate of drug-likeness (QED) is 0.0222. The highest BCUT2D eigenvalue weighted by Crippen LogP contribution is 2.45. The second kappa shape index (κ2) is 63.5. The molecule has 0 aromatic carbocycles. The van der Waals surface area contributed by atoms with Crippen molar-refractivity contribution in [3.8, 4) is 0 Å². The number of unbranched alkanes of at least 4 members (excludes halogenated alkanes) is 37. The van der Waals surface area contributed by atoms with Crippen LogP contribution in [0.5, 0.6) is 0 Å². The largest absolute Gasteiger partial charge is 0.472 e. The number of phosphoric ester groups is 2. The highest BCUT2D eigenvalue weighted by atomic mass is 31.2. The summed E-state index contributed by atoms with van der Waals surface area (Å²) >= 11 is 0. The summed E-state index contributed by atoms with van der Waals surface area (Å²) in [5.41, 5.74) is 0. The summed E-state index contributed by atoms with van der Waals surface area (Å²) in [5.74, 6) is 0.828. The topological polar surface area (TPSA) is 237 Å². The average molecular weight is 1370 g/mol. The summed E-state index contributed by atoms with van der Waals surface area (Å²) in [6.45, 7) is 14.1. The lowest BCUT2D eigenvalue weighted by Crippen LogP contribution is -2.30. The van der Waals surface area contributed by atoms with Gasteiger partial charge in [0.05, 0.1) is 26.4 Å². The van der Waals surface area contributed by atoms with Crippen molar-refractivity contribution in [3.05, 3.63) is 0 Å². The maximum Gasteiger partial charge on any atom is 0.472 e. The van der Waals surface area contributed by atoms with E-state index in [1.54, 1.807) is 0 Å². The van der Waals surface area contributed by atoms with Gasteiger partial charge in [0.1, 0.15) is 19.3 Å². The van der Waals surface area contributed by atoms with Crippen LogP contribution >= 0.6 is 15.6 Å². The Kier molecular flexibility index (Phi) is 62.2. The summed E-state index contributed by atoms with van der Waals surface area (Å²) < 4.78 is 68.3. The molecule has 0 radical (unpaired) electrons. The Morgan fingerprint density at radius 3 is 0.667 bits per heavy atom. The second-order valence-corrected chi connectivity index (χ2v) is 31.5. The normalized spacial score (nSPS) is 14.2. The van der Waals surface area contributed by atoms with Gasteiger partial charge in [-0.1, -0.05) is 319 Å². The lowest BCUT2D eigenvalue weighted by molar-refractivity contribution is -0.161. The Hall–Kier alpha value is -1.94. The average Bonchev–Trinajstić information content (AvgIpc) is 2.16. The molecule has 0 saturated carbocycles. The van der Waals surface area contributed by atoms with Gasteiger partial charge in [0, 0.05) is 25.7 Å². The number of ether oxygens (including phenoxy) is 4. The van der Waals surface area contributed by atoms with E-state index in [9.17, 15) is 43.2 Å². The van der Waals surface area contributed by atoms with Gasteiger partial charge in [-0.05, 0) is 49.4 Å². The van der Waals surface area contributed by atoms with Crippen LogP contribution in [0, 0.1) is 23.7 Å². The summed E-state index contributed by atoms with van der Waals surface area (Å²) in [5, 5.41) is 10.6. The molecule has 0 bridgehead atoms. The fourth-order valence-corrected chi connectivity index (χ4v) is 12.8. The first kappa shape index (κ1) is 91.1. The lowest BCUT2D eigenvalue weighted by atomic mass is 10.0. The molecule has 3 N–H and O–H groups in total. The summed E-state index contributed by atoms with van der Waals surface area (Å²) in [6, 6.07) is 0. The van der Waals surface area contributed by atoms with E-state index in [4.69, 9.17) is 37.0 Å². The van der Waals surface area contributed by atoms with Crippen LogP contribution < -0.4 is 0 Å². The maximum absolute atomic E-state index is 13.0. The monoisotopic (exact) mass is 1370 g/mol. The van der Waals surface area contributed by atoms with Crippen LogP contribution in [0.25, 0.3) is 0 Å². The molecule has 0 aliphatic carbocycles. The molecule has 552 valence electrons. The van der Waals surface area contributed by atoms with Crippen molar-refractivity contribution in [3.63, 3.8) is 0 Å². The van der Waals surface area contributed by atoms with Crippen molar-refractivity contribution < 1.29 is 80.2 Å². The number of aliphatic hydroxyl groups excluding tert-OH is 1. The van der Waals surface area contributed by atoms with E-state index in [0.29, 0.717) is 31.6 Å². The molecule has 19 heteroatoms. The summed E-state index contributed by atoms with van der Waals surface area (Å²) in [4.78, 5) is 72.6. The number of rotatable bonds is 71. The molecule has 0 amide bonds. The molecule has 0 aromatic rings. The smallest absolute Gasteiger partial charge is 0.462 e. The van der Waals surface area contributed by atoms with Crippen LogP contribution in [0.2, 0.25) is 0 Å². The SMILES string of the molecule is CC(C)CCCCCCCCCCCCCCCCCCCCC(=O)OC[C@H](COP(=O)(O)OC[C@@H](O)COP(=O)(O)OC[C@@H](COC(=O)CCCCCCCCC(C)C)OC(=O)CCCCCCCCCCCC(C)C)OC(=O)CCCCCCCCCCC(C)C. The molecule has 0 spiro atoms. The van der Waals surface area contributed by atoms with Crippen molar-refractivity contribution in [2.24, 2.45) is 23.7 Å². The van der Waals surface area contributed by atoms with Crippen molar-refractivity contribution in [1.29, 1.82) is 0 Å². The fourth-order valence-electron chi connectivity index (χ4n) is 11.2. The maximum atomic E-state index is 13.0. The van der Waals surface area contributed by atoms with Crippen molar-refractivity contribution in [2.45, 2.75) is 388 Å². The standard InChI is InChI=1S/C74H144O17P2/c1-64(2)50-42-34-26-20-17-15-13-11-9-10-12-14-16-18-22-29-38-46-54-71(76)84-60-69(91-74(79)57-49-41-31-25-24-28-36-44-52-66(5)6)62-88-92(80,81)86-58-68(75)59-87-93(82,83)89-63-70(61-85-72(77)55-47-39-33-32-37-45-53-67(7)8)90-73(78)56-48-40-30-23-19-21-27-35-43-51-65(3)4/h64-70,75H,9-63H2,1-8H3,(H,80,81)(H,82,83)/t68-,69-,70-/m1/s1. The number of esters is 4. The van der Waals surface area contributed by atoms with Gasteiger partial charge >= 0.3 is 39.5 Å². The van der Waals surface area contributed by atoms with E-state index in [-0.39, 0.29) is 25.7 Å². The highest BCUT2D eigenvalue weighted by Gasteiger charge is 2.30. The Morgan fingerprint density at radius 2 is 0.452 bits per heavy atom. The van der Waals surface area contributed by atoms with Crippen molar-refractivity contribution >= 4 is 39.5 Å². The third-order valence-corrected chi connectivity index (χ3v) is 19.0. The molecule has 17 nitrogen and oxygen atoms in total. The predicted octanol–water partition coefficient (Wildman–Crippen LogP) is 21.3. The zero-order chi connectivity index (χ0) is 68.9. The van der Waals surface area contributed by atoms with Crippen LogP contribution in [0.3, 0.4) is 0 Å². The first-order chi connectivity index (χ1) is 44.6. The van der Waals surface area contributed by atoms with Crippen LogP contribution in [0.15, 0.2) is 0 Å². The third kappa shape index (κ3) is 68.4. The van der Waals surface area contributed by atoms with E-state index in [1.165, 1.54) is 167 Å². The predicted molar refractivity (Wildman–Crippen MR) is 377 cm³/mol. The molecule has 93 heavy (non-hydrogen) atoms. The number of aliphatic hydroxyl groups is 1. The first-order valence-corrected chi connectivity index (χ1v) is 41.2. The lowest BCUT2D eigenvalue weighted by Gasteiger charge is -2.21. The fraction of sp³-hybridized carbons (Fsp3) is 0.946. The molecule has 5 atom stereocenters. The Morgan fingerprint density at radius 1 is 0.269 bits per heavy atom.